The molecule has 0 aliphatic rings. The van der Waals surface area contributed by atoms with Gasteiger partial charge >= 0.3 is 0 Å². The van der Waals surface area contributed by atoms with Crippen LogP contribution in [0.25, 0.3) is 11.0 Å². The van der Waals surface area contributed by atoms with E-state index in [1.54, 1.807) is 0 Å². The molecule has 0 aliphatic carbocycles. The Hall–Kier alpha value is -1.26. The minimum Gasteiger partial charge on any atom is -0.504 e. The summed E-state index contributed by atoms with van der Waals surface area (Å²) < 4.78 is 15.3. The molecule has 0 aliphatic heterocycles. The van der Waals surface area contributed by atoms with Gasteiger partial charge in [-0.25, -0.2) is 0 Å². The molecule has 0 bridgehead atoms. The van der Waals surface area contributed by atoms with Crippen molar-refractivity contribution in [1.82, 2.24) is 0 Å². The van der Waals surface area contributed by atoms with E-state index in [0.717, 1.165) is 6.26 Å². The molecular weight excluding hydrogens is 255 g/mol. The van der Waals surface area contributed by atoms with E-state index < -0.39 is 0 Å². The lowest BCUT2D eigenvalue weighted by Crippen LogP contribution is -1.91. The molecule has 0 unspecified atom stereocenters. The van der Waals surface area contributed by atoms with Gasteiger partial charge in [0.05, 0.1) is 14.2 Å². The van der Waals surface area contributed by atoms with Gasteiger partial charge in [-0.3, -0.25) is 0 Å². The van der Waals surface area contributed by atoms with Crippen molar-refractivity contribution in [3.8, 4) is 17.2 Å². The predicted octanol–water partition coefficient (Wildman–Crippen LogP) is 3.46. The molecule has 6 heteroatoms. The van der Waals surface area contributed by atoms with E-state index in [1.165, 1.54) is 14.2 Å². The third-order valence-electron chi connectivity index (χ3n) is 2.20. The molecule has 1 aromatic carbocycles. The van der Waals surface area contributed by atoms with Crippen LogP contribution in [0.15, 0.2) is 10.7 Å². The van der Waals surface area contributed by atoms with Gasteiger partial charge < -0.3 is 19.0 Å². The van der Waals surface area contributed by atoms with Gasteiger partial charge in [-0.05, 0) is 0 Å². The minimum atomic E-state index is -0.0849. The average molecular weight is 263 g/mol. The zero-order valence-electron chi connectivity index (χ0n) is 8.51. The first-order chi connectivity index (χ1) is 7.61. The monoisotopic (exact) mass is 262 g/mol. The van der Waals surface area contributed by atoms with E-state index in [0.29, 0.717) is 5.39 Å². The average Bonchev–Trinajstić information content (AvgIpc) is 2.63. The summed E-state index contributed by atoms with van der Waals surface area (Å²) in [6.07, 6.45) is 1.16. The van der Waals surface area contributed by atoms with Crippen molar-refractivity contribution in [2.75, 3.05) is 14.2 Å². The highest BCUT2D eigenvalue weighted by Gasteiger charge is 2.23. The smallest absolute Gasteiger partial charge is 0.165 e. The Morgan fingerprint density at radius 2 is 1.75 bits per heavy atom. The number of halogens is 2. The molecule has 86 valence electrons. The molecule has 0 atom stereocenters. The van der Waals surface area contributed by atoms with Gasteiger partial charge in [0.1, 0.15) is 21.7 Å². The van der Waals surface area contributed by atoms with Crippen LogP contribution >= 0.6 is 23.2 Å². The van der Waals surface area contributed by atoms with E-state index in [9.17, 15) is 5.11 Å². The van der Waals surface area contributed by atoms with E-state index in [2.05, 4.69) is 0 Å². The van der Waals surface area contributed by atoms with Crippen molar-refractivity contribution < 1.29 is 19.0 Å². The summed E-state index contributed by atoms with van der Waals surface area (Å²) in [6.45, 7) is 0. The Kier molecular flexibility index (Phi) is 2.78. The molecule has 2 aromatic rings. The molecule has 0 radical (unpaired) electrons. The van der Waals surface area contributed by atoms with E-state index in [-0.39, 0.29) is 32.9 Å². The summed E-state index contributed by atoms with van der Waals surface area (Å²) in [5.41, 5.74) is 0.275. The second-order valence-electron chi connectivity index (χ2n) is 3.02. The van der Waals surface area contributed by atoms with Gasteiger partial charge in [0.2, 0.25) is 0 Å². The van der Waals surface area contributed by atoms with Crippen LogP contribution in [0.2, 0.25) is 10.0 Å². The van der Waals surface area contributed by atoms with Gasteiger partial charge in [-0.15, -0.1) is 0 Å². The summed E-state index contributed by atoms with van der Waals surface area (Å²) >= 11 is 12.1. The van der Waals surface area contributed by atoms with E-state index >= 15 is 0 Å². The second kappa shape index (κ2) is 3.96. The number of furan rings is 1. The maximum atomic E-state index is 9.60. The molecule has 16 heavy (non-hydrogen) atoms. The van der Waals surface area contributed by atoms with Crippen LogP contribution in [0.5, 0.6) is 17.2 Å². The summed E-state index contributed by atoms with van der Waals surface area (Å²) in [4.78, 5) is 0. The number of ether oxygens (including phenoxy) is 2. The maximum Gasteiger partial charge on any atom is 0.165 e. The first kappa shape index (κ1) is 11.2. The Labute approximate surface area is 101 Å². The Bertz CT molecular complexity index is 547. The SMILES string of the molecule is COc1c(Cl)c(OC)c2c(O)coc2c1Cl. The topological polar surface area (TPSA) is 51.8 Å². The van der Waals surface area contributed by atoms with E-state index in [4.69, 9.17) is 37.1 Å². The molecule has 0 saturated carbocycles. The summed E-state index contributed by atoms with van der Waals surface area (Å²) in [5.74, 6) is 0.435. The first-order valence-corrected chi connectivity index (χ1v) is 5.06. The van der Waals surface area contributed by atoms with Crippen molar-refractivity contribution in [2.24, 2.45) is 0 Å². The fourth-order valence-corrected chi connectivity index (χ4v) is 2.22. The molecule has 0 spiro atoms. The molecule has 0 fully saturated rings. The highest BCUT2D eigenvalue weighted by atomic mass is 35.5. The number of rotatable bonds is 2. The maximum absolute atomic E-state index is 9.60. The zero-order chi connectivity index (χ0) is 11.9. The van der Waals surface area contributed by atoms with Crippen LogP contribution in [0, 0.1) is 0 Å². The van der Waals surface area contributed by atoms with E-state index in [1.807, 2.05) is 0 Å². The van der Waals surface area contributed by atoms with Crippen molar-refractivity contribution in [3.05, 3.63) is 16.3 Å². The highest BCUT2D eigenvalue weighted by Crippen LogP contribution is 2.49. The lowest BCUT2D eigenvalue weighted by atomic mass is 10.2. The summed E-state index contributed by atoms with van der Waals surface area (Å²) in [6, 6.07) is 0. The number of methoxy groups -OCH3 is 2. The van der Waals surface area contributed by atoms with Crippen LogP contribution < -0.4 is 9.47 Å². The predicted molar refractivity (Wildman–Crippen MR) is 61.0 cm³/mol. The highest BCUT2D eigenvalue weighted by molar-refractivity contribution is 6.42. The molecule has 2 rings (SSSR count). The second-order valence-corrected chi connectivity index (χ2v) is 3.78. The minimum absolute atomic E-state index is 0.0849. The van der Waals surface area contributed by atoms with Gasteiger partial charge in [0, 0.05) is 0 Å². The number of benzene rings is 1. The molecule has 0 amide bonds. The standard InChI is InChI=1S/C10H8Cl2O4/c1-14-8-5-4(13)3-16-9(5)7(12)10(15-2)6(8)11/h3,13H,1-2H3. The Morgan fingerprint density at radius 1 is 1.12 bits per heavy atom. The van der Waals surface area contributed by atoms with Crippen molar-refractivity contribution in [3.63, 3.8) is 0 Å². The molecule has 1 N–H and O–H groups in total. The van der Waals surface area contributed by atoms with Crippen LogP contribution in [0.1, 0.15) is 0 Å². The van der Waals surface area contributed by atoms with Crippen LogP contribution in [-0.2, 0) is 0 Å². The van der Waals surface area contributed by atoms with Gasteiger partial charge in [-0.1, -0.05) is 23.2 Å². The molecular formula is C10H8Cl2O4. The van der Waals surface area contributed by atoms with Crippen LogP contribution in [-0.4, -0.2) is 19.3 Å². The number of hydrogen-bond donors (Lipinski definition) is 1. The number of hydrogen-bond acceptors (Lipinski definition) is 4. The number of aromatic hydroxyl groups is 1. The van der Waals surface area contributed by atoms with Crippen molar-refractivity contribution in [1.29, 1.82) is 0 Å². The van der Waals surface area contributed by atoms with Crippen molar-refractivity contribution >= 4 is 34.2 Å². The van der Waals surface area contributed by atoms with Gasteiger partial charge in [0.15, 0.2) is 22.8 Å². The molecule has 4 nitrogen and oxygen atoms in total. The lowest BCUT2D eigenvalue weighted by Gasteiger charge is -2.10. The molecule has 1 heterocycles. The van der Waals surface area contributed by atoms with Crippen LogP contribution in [0.4, 0.5) is 0 Å². The largest absolute Gasteiger partial charge is 0.504 e. The lowest BCUT2D eigenvalue weighted by molar-refractivity contribution is 0.397. The number of fused-ring (bicyclic) bond motifs is 1. The van der Waals surface area contributed by atoms with Crippen molar-refractivity contribution in [2.45, 2.75) is 0 Å². The van der Waals surface area contributed by atoms with Crippen LogP contribution in [0.3, 0.4) is 0 Å². The van der Waals surface area contributed by atoms with Gasteiger partial charge in [0.25, 0.3) is 0 Å². The third-order valence-corrected chi connectivity index (χ3v) is 2.89. The molecule has 0 saturated heterocycles. The zero-order valence-corrected chi connectivity index (χ0v) is 10.0. The normalized spacial score (nSPS) is 10.8. The molecule has 1 aromatic heterocycles. The fraction of sp³-hybridized carbons (Fsp3) is 0.200. The third kappa shape index (κ3) is 1.37. The Balaban J connectivity index is 2.96. The summed E-state index contributed by atoms with van der Waals surface area (Å²) in [7, 11) is 2.86. The van der Waals surface area contributed by atoms with Gasteiger partial charge in [-0.2, -0.15) is 0 Å². The Morgan fingerprint density at radius 3 is 2.31 bits per heavy atom. The summed E-state index contributed by atoms with van der Waals surface area (Å²) in [5, 5.41) is 10.3. The first-order valence-electron chi connectivity index (χ1n) is 4.30. The fourth-order valence-electron chi connectivity index (χ4n) is 1.51. The quantitative estimate of drug-likeness (QED) is 0.901.